The first-order valence-corrected chi connectivity index (χ1v) is 13.2. The summed E-state index contributed by atoms with van der Waals surface area (Å²) in [5, 5.41) is 17.6. The monoisotopic (exact) mass is 492 g/mol. The highest BCUT2D eigenvalue weighted by molar-refractivity contribution is 7.15. The molecule has 0 saturated heterocycles. The number of aromatic nitrogens is 3. The van der Waals surface area contributed by atoms with E-state index < -0.39 is 0 Å². The van der Waals surface area contributed by atoms with E-state index in [0.29, 0.717) is 18.4 Å². The SMILES string of the molecule is CCc1ccc(CNc2nc(C)c(-c3nc(C(C)=NC)c(C)s3)c(N[C@H]3CC[C@@H](CO)C3)n2)cc1. The van der Waals surface area contributed by atoms with Gasteiger partial charge in [-0.3, -0.25) is 4.99 Å². The molecule has 0 bridgehead atoms. The predicted molar refractivity (Wildman–Crippen MR) is 146 cm³/mol. The van der Waals surface area contributed by atoms with Crippen molar-refractivity contribution in [2.24, 2.45) is 10.9 Å². The minimum Gasteiger partial charge on any atom is -0.396 e. The number of nitrogens with one attached hydrogen (secondary N) is 2. The van der Waals surface area contributed by atoms with Gasteiger partial charge in [-0.2, -0.15) is 4.98 Å². The van der Waals surface area contributed by atoms with Crippen LogP contribution in [0.3, 0.4) is 0 Å². The van der Waals surface area contributed by atoms with Crippen LogP contribution in [0.1, 0.15) is 60.5 Å². The number of benzene rings is 1. The van der Waals surface area contributed by atoms with Crippen molar-refractivity contribution in [3.63, 3.8) is 0 Å². The van der Waals surface area contributed by atoms with Gasteiger partial charge in [0.2, 0.25) is 5.95 Å². The zero-order valence-corrected chi connectivity index (χ0v) is 22.2. The second-order valence-electron chi connectivity index (χ2n) is 9.32. The molecule has 8 heteroatoms. The third-order valence-electron chi connectivity index (χ3n) is 6.80. The van der Waals surface area contributed by atoms with E-state index in [1.807, 2.05) is 13.8 Å². The molecule has 186 valence electrons. The van der Waals surface area contributed by atoms with Crippen LogP contribution in [-0.2, 0) is 13.0 Å². The van der Waals surface area contributed by atoms with Gasteiger partial charge < -0.3 is 15.7 Å². The minimum absolute atomic E-state index is 0.238. The third kappa shape index (κ3) is 5.87. The number of hydrogen-bond acceptors (Lipinski definition) is 8. The van der Waals surface area contributed by atoms with E-state index in [0.717, 1.165) is 64.0 Å². The van der Waals surface area contributed by atoms with Gasteiger partial charge in [0, 0.05) is 31.1 Å². The van der Waals surface area contributed by atoms with Crippen LogP contribution in [-0.4, -0.2) is 45.5 Å². The molecule has 4 rings (SSSR count). The van der Waals surface area contributed by atoms with E-state index in [9.17, 15) is 5.11 Å². The van der Waals surface area contributed by atoms with E-state index in [4.69, 9.17) is 15.0 Å². The highest BCUT2D eigenvalue weighted by Gasteiger charge is 2.27. The molecule has 1 saturated carbocycles. The smallest absolute Gasteiger partial charge is 0.225 e. The highest BCUT2D eigenvalue weighted by Crippen LogP contribution is 2.37. The van der Waals surface area contributed by atoms with Crippen LogP contribution in [0, 0.1) is 19.8 Å². The molecule has 3 N–H and O–H groups in total. The van der Waals surface area contributed by atoms with Gasteiger partial charge in [0.1, 0.15) is 10.8 Å². The fraction of sp³-hybridized carbons (Fsp3) is 0.481. The largest absolute Gasteiger partial charge is 0.396 e. The molecule has 1 fully saturated rings. The molecule has 2 heterocycles. The summed E-state index contributed by atoms with van der Waals surface area (Å²) in [6.45, 7) is 9.15. The van der Waals surface area contributed by atoms with Gasteiger partial charge in [0.15, 0.2) is 0 Å². The van der Waals surface area contributed by atoms with Gasteiger partial charge in [0.05, 0.1) is 22.7 Å². The van der Waals surface area contributed by atoms with Gasteiger partial charge in [-0.15, -0.1) is 11.3 Å². The average molecular weight is 493 g/mol. The number of nitrogens with zero attached hydrogens (tertiary/aromatic N) is 4. The lowest BCUT2D eigenvalue weighted by atomic mass is 10.1. The summed E-state index contributed by atoms with van der Waals surface area (Å²) >= 11 is 1.65. The third-order valence-corrected chi connectivity index (χ3v) is 7.79. The lowest BCUT2D eigenvalue weighted by Crippen LogP contribution is -2.19. The molecule has 2 aromatic heterocycles. The van der Waals surface area contributed by atoms with Gasteiger partial charge >= 0.3 is 0 Å². The number of aliphatic hydroxyl groups is 1. The molecule has 0 spiro atoms. The Morgan fingerprint density at radius 2 is 1.86 bits per heavy atom. The Kier molecular flexibility index (Phi) is 8.13. The number of aryl methyl sites for hydroxylation is 3. The van der Waals surface area contributed by atoms with Crippen LogP contribution in [0.25, 0.3) is 10.6 Å². The first kappa shape index (κ1) is 25.3. The molecule has 2 atom stereocenters. The van der Waals surface area contributed by atoms with E-state index in [1.165, 1.54) is 11.1 Å². The fourth-order valence-electron chi connectivity index (χ4n) is 4.60. The Morgan fingerprint density at radius 1 is 1.11 bits per heavy atom. The molecule has 7 nitrogen and oxygen atoms in total. The minimum atomic E-state index is 0.238. The molecule has 0 aliphatic heterocycles. The molecule has 3 aromatic rings. The molecular formula is C27H36N6OS. The lowest BCUT2D eigenvalue weighted by Gasteiger charge is -2.18. The summed E-state index contributed by atoms with van der Waals surface area (Å²) in [7, 11) is 1.79. The van der Waals surface area contributed by atoms with E-state index in [2.05, 4.69) is 53.7 Å². The Labute approximate surface area is 212 Å². The summed E-state index contributed by atoms with van der Waals surface area (Å²) in [6.07, 6.45) is 4.02. The van der Waals surface area contributed by atoms with Crippen molar-refractivity contribution >= 4 is 28.8 Å². The average Bonchev–Trinajstić information content (AvgIpc) is 3.48. The number of anilines is 2. The Balaban J connectivity index is 1.65. The first-order valence-electron chi connectivity index (χ1n) is 12.4. The number of rotatable bonds is 9. The quantitative estimate of drug-likeness (QED) is 0.346. The molecule has 0 radical (unpaired) electrons. The Bertz CT molecular complexity index is 1190. The number of aliphatic hydroxyl groups excluding tert-OH is 1. The van der Waals surface area contributed by atoms with E-state index in [1.54, 1.807) is 18.4 Å². The Hall–Kier alpha value is -2.84. The van der Waals surface area contributed by atoms with Crippen molar-refractivity contribution in [2.45, 2.75) is 66.0 Å². The summed E-state index contributed by atoms with van der Waals surface area (Å²) < 4.78 is 0. The van der Waals surface area contributed by atoms with Crippen molar-refractivity contribution in [2.75, 3.05) is 24.3 Å². The van der Waals surface area contributed by atoms with Crippen LogP contribution in [0.15, 0.2) is 29.3 Å². The molecule has 1 aromatic carbocycles. The fourth-order valence-corrected chi connectivity index (χ4v) is 5.66. The number of thiazole rings is 1. The molecule has 1 aliphatic rings. The summed E-state index contributed by atoms with van der Waals surface area (Å²) in [5.41, 5.74) is 6.20. The second-order valence-corrected chi connectivity index (χ2v) is 10.5. The highest BCUT2D eigenvalue weighted by atomic mass is 32.1. The molecule has 0 unspecified atom stereocenters. The topological polar surface area (TPSA) is 95.3 Å². The van der Waals surface area contributed by atoms with Gasteiger partial charge in [-0.05, 0) is 63.5 Å². The molecule has 1 aliphatic carbocycles. The predicted octanol–water partition coefficient (Wildman–Crippen LogP) is 5.40. The molecule has 0 amide bonds. The van der Waals surface area contributed by atoms with Crippen LogP contribution in [0.5, 0.6) is 0 Å². The summed E-state index contributed by atoms with van der Waals surface area (Å²) in [5.74, 6) is 1.75. The maximum atomic E-state index is 9.61. The maximum Gasteiger partial charge on any atom is 0.225 e. The normalized spacial score (nSPS) is 18.2. The van der Waals surface area contributed by atoms with Crippen LogP contribution in [0.4, 0.5) is 11.8 Å². The van der Waals surface area contributed by atoms with Crippen LogP contribution >= 0.6 is 11.3 Å². The van der Waals surface area contributed by atoms with Crippen molar-refractivity contribution < 1.29 is 5.11 Å². The molecular weight excluding hydrogens is 456 g/mol. The van der Waals surface area contributed by atoms with Crippen LogP contribution in [0.2, 0.25) is 0 Å². The summed E-state index contributed by atoms with van der Waals surface area (Å²) in [4.78, 5) is 20.1. The van der Waals surface area contributed by atoms with E-state index >= 15 is 0 Å². The lowest BCUT2D eigenvalue weighted by molar-refractivity contribution is 0.229. The van der Waals surface area contributed by atoms with Crippen LogP contribution < -0.4 is 10.6 Å². The summed E-state index contributed by atoms with van der Waals surface area (Å²) in [6, 6.07) is 8.91. The van der Waals surface area contributed by atoms with Gasteiger partial charge in [0.25, 0.3) is 0 Å². The van der Waals surface area contributed by atoms with Crippen molar-refractivity contribution in [3.05, 3.63) is 51.7 Å². The van der Waals surface area contributed by atoms with Gasteiger partial charge in [-0.1, -0.05) is 31.2 Å². The maximum absolute atomic E-state index is 9.61. The van der Waals surface area contributed by atoms with Crippen molar-refractivity contribution in [3.8, 4) is 10.6 Å². The van der Waals surface area contributed by atoms with Crippen molar-refractivity contribution in [1.29, 1.82) is 0 Å². The number of hydrogen-bond donors (Lipinski definition) is 3. The van der Waals surface area contributed by atoms with Crippen molar-refractivity contribution in [1.82, 2.24) is 15.0 Å². The zero-order chi connectivity index (χ0) is 24.9. The zero-order valence-electron chi connectivity index (χ0n) is 21.4. The molecule has 35 heavy (non-hydrogen) atoms. The van der Waals surface area contributed by atoms with E-state index in [-0.39, 0.29) is 12.6 Å². The van der Waals surface area contributed by atoms with Gasteiger partial charge in [-0.25, -0.2) is 9.97 Å². The Morgan fingerprint density at radius 3 is 2.51 bits per heavy atom. The number of aliphatic imine (C=N–C) groups is 1. The second kappa shape index (κ2) is 11.3. The first-order chi connectivity index (χ1) is 16.9. The standard InChI is InChI=1S/C27H36N6OS/c1-6-19-7-9-20(10-8-19)14-29-27-30-16(2)23(26-32-24(17(3)28-5)18(4)35-26)25(33-27)31-22-12-11-21(13-22)15-34/h7-10,21-22,34H,6,11-15H2,1-5H3,(H2,29,30,31,33)/t21-,22+/m1/s1.